The molecule has 0 bridgehead atoms. The van der Waals surface area contributed by atoms with Crippen molar-refractivity contribution in [1.82, 2.24) is 9.97 Å². The quantitative estimate of drug-likeness (QED) is 0.299. The van der Waals surface area contributed by atoms with Crippen LogP contribution in [0.3, 0.4) is 0 Å². The Kier molecular flexibility index (Phi) is 7.33. The van der Waals surface area contributed by atoms with Crippen LogP contribution in [0.15, 0.2) is 52.9 Å². The van der Waals surface area contributed by atoms with Crippen molar-refractivity contribution in [3.63, 3.8) is 0 Å². The van der Waals surface area contributed by atoms with Crippen LogP contribution in [-0.4, -0.2) is 42.7 Å². The molecule has 10 nitrogen and oxygen atoms in total. The van der Waals surface area contributed by atoms with Crippen molar-refractivity contribution >= 4 is 22.9 Å². The van der Waals surface area contributed by atoms with E-state index in [1.807, 2.05) is 30.3 Å². The van der Waals surface area contributed by atoms with Crippen LogP contribution in [0.25, 0.3) is 11.0 Å². The Balaban J connectivity index is 1.84. The van der Waals surface area contributed by atoms with Crippen molar-refractivity contribution in [3.05, 3.63) is 71.0 Å². The van der Waals surface area contributed by atoms with Gasteiger partial charge in [0.25, 0.3) is 0 Å². The molecule has 36 heavy (non-hydrogen) atoms. The Labute approximate surface area is 206 Å². The monoisotopic (exact) mass is 492 g/mol. The fourth-order valence-electron chi connectivity index (χ4n) is 3.56. The van der Waals surface area contributed by atoms with Gasteiger partial charge >= 0.3 is 17.9 Å². The van der Waals surface area contributed by atoms with Gasteiger partial charge in [-0.15, -0.1) is 0 Å². The summed E-state index contributed by atoms with van der Waals surface area (Å²) in [6, 6.07) is 13.6. The van der Waals surface area contributed by atoms with E-state index in [0.717, 1.165) is 5.56 Å². The van der Waals surface area contributed by atoms with Gasteiger partial charge in [-0.05, 0) is 31.5 Å². The van der Waals surface area contributed by atoms with Crippen molar-refractivity contribution in [2.45, 2.75) is 20.5 Å². The molecule has 0 spiro atoms. The number of ether oxygens (including phenoxy) is 5. The lowest BCUT2D eigenvalue weighted by molar-refractivity contribution is 0.0472. The van der Waals surface area contributed by atoms with Crippen LogP contribution < -0.4 is 14.2 Å². The Morgan fingerprint density at radius 2 is 1.56 bits per heavy atom. The maximum atomic E-state index is 13.4. The lowest BCUT2D eigenvalue weighted by Crippen LogP contribution is -2.11. The van der Waals surface area contributed by atoms with Gasteiger partial charge in [-0.1, -0.05) is 30.3 Å². The molecular formula is C26H24N2O8. The molecule has 0 N–H and O–H groups in total. The first kappa shape index (κ1) is 24.5. The summed E-state index contributed by atoms with van der Waals surface area (Å²) >= 11 is 0. The van der Waals surface area contributed by atoms with Gasteiger partial charge < -0.3 is 28.1 Å². The topological polar surface area (TPSA) is 119 Å². The maximum absolute atomic E-state index is 13.4. The van der Waals surface area contributed by atoms with Crippen molar-refractivity contribution in [3.8, 4) is 23.5 Å². The highest BCUT2D eigenvalue weighted by atomic mass is 16.5. The fourth-order valence-corrected chi connectivity index (χ4v) is 3.56. The van der Waals surface area contributed by atoms with E-state index in [9.17, 15) is 9.59 Å². The minimum absolute atomic E-state index is 0.00452. The van der Waals surface area contributed by atoms with Crippen LogP contribution in [0.5, 0.6) is 23.5 Å². The second-order valence-corrected chi connectivity index (χ2v) is 7.46. The Morgan fingerprint density at radius 1 is 0.889 bits per heavy atom. The number of aryl methyl sites for hydroxylation is 1. The highest BCUT2D eigenvalue weighted by Crippen LogP contribution is 2.37. The molecule has 0 aliphatic rings. The van der Waals surface area contributed by atoms with Gasteiger partial charge in [-0.2, -0.15) is 9.97 Å². The number of hydrogen-bond acceptors (Lipinski definition) is 10. The molecule has 10 heteroatoms. The number of carbonyl (C=O) groups is 2. The number of carbonyl (C=O) groups excluding carboxylic acids is 2. The van der Waals surface area contributed by atoms with Crippen LogP contribution in [0.4, 0.5) is 0 Å². The zero-order valence-corrected chi connectivity index (χ0v) is 20.2. The van der Waals surface area contributed by atoms with Crippen LogP contribution in [-0.2, 0) is 16.1 Å². The van der Waals surface area contributed by atoms with Gasteiger partial charge in [0.1, 0.15) is 34.8 Å². The molecule has 0 aliphatic heterocycles. The van der Waals surface area contributed by atoms with E-state index in [0.29, 0.717) is 5.58 Å². The standard InChI is InChI=1S/C26H24N2O8/c1-5-33-24(29)21-15(2)35-17-11-12-18(36-26-27-19(31-3)13-20(28-26)32-4)23(22(17)21)25(30)34-14-16-9-7-6-8-10-16/h6-13H,5,14H2,1-4H3. The lowest BCUT2D eigenvalue weighted by atomic mass is 10.0. The van der Waals surface area contributed by atoms with Gasteiger partial charge in [-0.3, -0.25) is 0 Å². The molecule has 0 radical (unpaired) electrons. The zero-order chi connectivity index (χ0) is 25.7. The number of nitrogens with zero attached hydrogens (tertiary/aromatic N) is 2. The number of fused-ring (bicyclic) bond motifs is 1. The summed E-state index contributed by atoms with van der Waals surface area (Å²) in [6.07, 6.45) is 0. The third kappa shape index (κ3) is 5.07. The minimum Gasteiger partial charge on any atom is -0.481 e. The molecule has 2 aromatic carbocycles. The van der Waals surface area contributed by atoms with E-state index in [2.05, 4.69) is 9.97 Å². The first-order valence-corrected chi connectivity index (χ1v) is 11.0. The van der Waals surface area contributed by atoms with Crippen molar-refractivity contribution in [1.29, 1.82) is 0 Å². The average Bonchev–Trinajstić information content (AvgIpc) is 3.23. The Hall–Kier alpha value is -4.60. The smallest absolute Gasteiger partial charge is 0.343 e. The van der Waals surface area contributed by atoms with Crippen LogP contribution in [0, 0.1) is 6.92 Å². The van der Waals surface area contributed by atoms with Gasteiger partial charge in [-0.25, -0.2) is 9.59 Å². The zero-order valence-electron chi connectivity index (χ0n) is 20.2. The summed E-state index contributed by atoms with van der Waals surface area (Å²) in [7, 11) is 2.87. The molecule has 2 heterocycles. The lowest BCUT2D eigenvalue weighted by Gasteiger charge is -2.13. The van der Waals surface area contributed by atoms with E-state index in [4.69, 9.17) is 28.1 Å². The second kappa shape index (κ2) is 10.8. The van der Waals surface area contributed by atoms with E-state index < -0.39 is 11.9 Å². The SMILES string of the molecule is CCOC(=O)c1c(C)oc2ccc(Oc3nc(OC)cc(OC)n3)c(C(=O)OCc3ccccc3)c12. The van der Waals surface area contributed by atoms with Gasteiger partial charge in [0, 0.05) is 0 Å². The van der Waals surface area contributed by atoms with Crippen molar-refractivity contribution < 1.29 is 37.7 Å². The molecule has 0 unspecified atom stereocenters. The predicted octanol–water partition coefficient (Wildman–Crippen LogP) is 4.87. The van der Waals surface area contributed by atoms with E-state index in [1.165, 1.54) is 26.4 Å². The largest absolute Gasteiger partial charge is 0.481 e. The molecule has 0 aliphatic carbocycles. The first-order chi connectivity index (χ1) is 17.4. The molecule has 0 saturated heterocycles. The number of rotatable bonds is 9. The van der Waals surface area contributed by atoms with E-state index in [-0.39, 0.29) is 59.0 Å². The van der Waals surface area contributed by atoms with Crippen LogP contribution in [0.2, 0.25) is 0 Å². The van der Waals surface area contributed by atoms with Gasteiger partial charge in [0.15, 0.2) is 0 Å². The van der Waals surface area contributed by atoms with Crippen molar-refractivity contribution in [2.75, 3.05) is 20.8 Å². The third-order valence-corrected chi connectivity index (χ3v) is 5.17. The number of methoxy groups -OCH3 is 2. The Morgan fingerprint density at radius 3 is 2.19 bits per heavy atom. The van der Waals surface area contributed by atoms with Gasteiger partial charge in [0.2, 0.25) is 11.8 Å². The molecule has 186 valence electrons. The first-order valence-electron chi connectivity index (χ1n) is 11.0. The molecule has 0 saturated carbocycles. The summed E-state index contributed by atoms with van der Waals surface area (Å²) in [5, 5.41) is 0.205. The van der Waals surface area contributed by atoms with E-state index in [1.54, 1.807) is 19.9 Å². The maximum Gasteiger partial charge on any atom is 0.343 e. The summed E-state index contributed by atoms with van der Waals surface area (Å²) < 4.78 is 32.8. The molecule has 0 amide bonds. The minimum atomic E-state index is -0.735. The summed E-state index contributed by atoms with van der Waals surface area (Å²) in [5.41, 5.74) is 1.15. The average molecular weight is 492 g/mol. The third-order valence-electron chi connectivity index (χ3n) is 5.17. The Bertz CT molecular complexity index is 1380. The fraction of sp³-hybridized carbons (Fsp3) is 0.231. The number of hydrogen-bond donors (Lipinski definition) is 0. The molecule has 0 atom stereocenters. The number of benzene rings is 2. The summed E-state index contributed by atoms with van der Waals surface area (Å²) in [6.45, 7) is 3.45. The summed E-state index contributed by atoms with van der Waals surface area (Å²) in [4.78, 5) is 34.6. The second-order valence-electron chi connectivity index (χ2n) is 7.46. The highest BCUT2D eigenvalue weighted by molar-refractivity contribution is 6.14. The number of aromatic nitrogens is 2. The van der Waals surface area contributed by atoms with Crippen LogP contribution in [0.1, 0.15) is 39.0 Å². The number of furan rings is 1. The predicted molar refractivity (Wildman–Crippen MR) is 128 cm³/mol. The molecule has 0 fully saturated rings. The molecule has 4 aromatic rings. The normalized spacial score (nSPS) is 10.7. The molecular weight excluding hydrogens is 468 g/mol. The number of esters is 2. The highest BCUT2D eigenvalue weighted by Gasteiger charge is 2.29. The molecule has 2 aromatic heterocycles. The van der Waals surface area contributed by atoms with E-state index >= 15 is 0 Å². The molecule has 4 rings (SSSR count). The van der Waals surface area contributed by atoms with Crippen LogP contribution >= 0.6 is 0 Å². The van der Waals surface area contributed by atoms with Crippen molar-refractivity contribution in [2.24, 2.45) is 0 Å². The summed E-state index contributed by atoms with van der Waals surface area (Å²) in [5.74, 6) is -0.655. The van der Waals surface area contributed by atoms with Gasteiger partial charge in [0.05, 0.1) is 32.3 Å².